The second-order valence-corrected chi connectivity index (χ2v) is 9.71. The highest BCUT2D eigenvalue weighted by Crippen LogP contribution is 2.35. The fraction of sp³-hybridized carbons (Fsp3) is 0.682. The molecule has 1 atom stereocenters. The van der Waals surface area contributed by atoms with Crippen molar-refractivity contribution in [2.24, 2.45) is 0 Å². The molecular weight excluding hydrogens is 396 g/mol. The number of fused-ring (bicyclic) bond motifs is 1. The van der Waals surface area contributed by atoms with Gasteiger partial charge in [0.05, 0.1) is 10.3 Å². The number of thiophene rings is 1. The number of likely N-dealkylation sites (N-methyl/N-ethyl adjacent to an activating group) is 1. The van der Waals surface area contributed by atoms with Gasteiger partial charge in [-0.15, -0.1) is 11.3 Å². The first-order valence-corrected chi connectivity index (χ1v) is 12.1. The van der Waals surface area contributed by atoms with Gasteiger partial charge in [0, 0.05) is 45.3 Å². The largest absolute Gasteiger partial charge is 0.353 e. The maximum atomic E-state index is 12.9. The van der Waals surface area contributed by atoms with E-state index in [1.807, 2.05) is 6.92 Å². The van der Waals surface area contributed by atoms with Crippen LogP contribution < -0.4 is 10.2 Å². The molecule has 0 bridgehead atoms. The lowest BCUT2D eigenvalue weighted by Gasteiger charge is -2.33. The van der Waals surface area contributed by atoms with E-state index in [9.17, 15) is 4.79 Å². The van der Waals surface area contributed by atoms with Gasteiger partial charge in [0.2, 0.25) is 0 Å². The summed E-state index contributed by atoms with van der Waals surface area (Å²) in [5, 5.41) is 4.18. The number of rotatable bonds is 6. The highest BCUT2D eigenvalue weighted by Gasteiger charge is 2.24. The third-order valence-corrected chi connectivity index (χ3v) is 7.76. The van der Waals surface area contributed by atoms with Crippen LogP contribution in [0.4, 0.5) is 5.82 Å². The Labute approximate surface area is 183 Å². The van der Waals surface area contributed by atoms with Crippen molar-refractivity contribution in [3.63, 3.8) is 0 Å². The van der Waals surface area contributed by atoms with Crippen molar-refractivity contribution in [3.05, 3.63) is 16.8 Å². The van der Waals surface area contributed by atoms with E-state index < -0.39 is 0 Å². The molecule has 2 fully saturated rings. The van der Waals surface area contributed by atoms with Crippen LogP contribution in [0.25, 0.3) is 10.2 Å². The van der Waals surface area contributed by atoms with Crippen LogP contribution in [0.15, 0.2) is 6.33 Å². The number of carbonyl (C=O) groups excluding carboxylic acids is 1. The molecule has 2 saturated heterocycles. The monoisotopic (exact) mass is 430 g/mol. The molecule has 1 amide bonds. The van der Waals surface area contributed by atoms with Crippen molar-refractivity contribution in [2.75, 3.05) is 57.8 Å². The van der Waals surface area contributed by atoms with Gasteiger partial charge < -0.3 is 20.0 Å². The number of anilines is 1. The van der Waals surface area contributed by atoms with Crippen LogP contribution in [0.2, 0.25) is 0 Å². The molecule has 0 unspecified atom stereocenters. The molecule has 30 heavy (non-hydrogen) atoms. The number of piperidine rings is 1. The Morgan fingerprint density at radius 2 is 2.00 bits per heavy atom. The van der Waals surface area contributed by atoms with Crippen molar-refractivity contribution in [1.82, 2.24) is 25.1 Å². The smallest absolute Gasteiger partial charge is 0.261 e. The first kappa shape index (κ1) is 21.5. The van der Waals surface area contributed by atoms with Crippen molar-refractivity contribution in [1.29, 1.82) is 0 Å². The summed E-state index contributed by atoms with van der Waals surface area (Å²) in [7, 11) is 2.15. The average molecular weight is 431 g/mol. The van der Waals surface area contributed by atoms with Crippen LogP contribution in [0, 0.1) is 6.92 Å². The molecule has 0 radical (unpaired) electrons. The summed E-state index contributed by atoms with van der Waals surface area (Å²) in [6.45, 7) is 11.3. The van der Waals surface area contributed by atoms with Crippen LogP contribution >= 0.6 is 11.3 Å². The molecule has 8 heteroatoms. The lowest BCUT2D eigenvalue weighted by Crippen LogP contribution is -2.44. The maximum absolute atomic E-state index is 12.9. The molecule has 2 aliphatic heterocycles. The first-order chi connectivity index (χ1) is 14.5. The number of nitrogens with zero attached hydrogens (tertiary/aromatic N) is 5. The number of carbonyl (C=O) groups is 1. The summed E-state index contributed by atoms with van der Waals surface area (Å²) in [5.74, 6) is 0.992. The molecule has 1 N–H and O–H groups in total. The minimum atomic E-state index is 0.0199. The standard InChI is InChI=1S/C22H34N6OS/c1-16-7-4-5-9-27(16)10-6-8-23-21(29)19-17(2)18-20(24-15-25-22(18)30-19)28-13-11-26(3)12-14-28/h15-16H,4-14H2,1-3H3,(H,23,29)/t16-/m1/s1. The van der Waals surface area contributed by atoms with Gasteiger partial charge in [-0.05, 0) is 52.3 Å². The highest BCUT2D eigenvalue weighted by atomic mass is 32.1. The number of likely N-dealkylation sites (tertiary alicyclic amines) is 1. The number of hydrogen-bond donors (Lipinski definition) is 1. The quantitative estimate of drug-likeness (QED) is 0.711. The Morgan fingerprint density at radius 1 is 1.20 bits per heavy atom. The summed E-state index contributed by atoms with van der Waals surface area (Å²) in [6.07, 6.45) is 6.57. The number of piperazine rings is 1. The molecule has 7 nitrogen and oxygen atoms in total. The summed E-state index contributed by atoms with van der Waals surface area (Å²) >= 11 is 1.49. The van der Waals surface area contributed by atoms with Crippen molar-refractivity contribution < 1.29 is 4.79 Å². The van der Waals surface area contributed by atoms with Crippen LogP contribution in [0.5, 0.6) is 0 Å². The third kappa shape index (κ3) is 4.60. The van der Waals surface area contributed by atoms with E-state index in [4.69, 9.17) is 0 Å². The summed E-state index contributed by atoms with van der Waals surface area (Å²) in [4.78, 5) is 30.8. The molecule has 2 aliphatic rings. The Hall–Kier alpha value is -1.77. The topological polar surface area (TPSA) is 64.6 Å². The number of aromatic nitrogens is 2. The van der Waals surface area contributed by atoms with Crippen LogP contribution in [-0.4, -0.2) is 84.6 Å². The number of amides is 1. The molecule has 0 saturated carbocycles. The van der Waals surface area contributed by atoms with Gasteiger partial charge in [0.1, 0.15) is 17.0 Å². The van der Waals surface area contributed by atoms with Gasteiger partial charge in [0.15, 0.2) is 0 Å². The SMILES string of the molecule is Cc1c(C(=O)NCCCN2CCCC[C@H]2C)sc2ncnc(N3CCN(C)CC3)c12. The highest BCUT2D eigenvalue weighted by molar-refractivity contribution is 7.20. The lowest BCUT2D eigenvalue weighted by atomic mass is 10.0. The van der Waals surface area contributed by atoms with Crippen LogP contribution in [0.3, 0.4) is 0 Å². The number of aryl methyl sites for hydroxylation is 1. The Kier molecular flexibility index (Phi) is 6.85. The van der Waals surface area contributed by atoms with E-state index in [-0.39, 0.29) is 5.91 Å². The molecule has 0 spiro atoms. The Balaban J connectivity index is 1.40. The summed E-state index contributed by atoms with van der Waals surface area (Å²) in [5.41, 5.74) is 1.01. The first-order valence-electron chi connectivity index (χ1n) is 11.2. The molecule has 2 aromatic heterocycles. The fourth-order valence-corrected chi connectivity index (χ4v) is 5.64. The minimum Gasteiger partial charge on any atom is -0.353 e. The van der Waals surface area contributed by atoms with E-state index in [0.29, 0.717) is 12.6 Å². The zero-order valence-electron chi connectivity index (χ0n) is 18.5. The third-order valence-electron chi connectivity index (χ3n) is 6.56. The van der Waals surface area contributed by atoms with E-state index in [1.165, 1.54) is 37.1 Å². The molecule has 4 heterocycles. The van der Waals surface area contributed by atoms with Crippen LogP contribution in [0.1, 0.15) is 47.8 Å². The van der Waals surface area contributed by atoms with Crippen LogP contribution in [-0.2, 0) is 0 Å². The zero-order chi connectivity index (χ0) is 21.1. The molecule has 164 valence electrons. The molecular formula is C22H34N6OS. The Bertz CT molecular complexity index is 876. The molecule has 0 aliphatic carbocycles. The zero-order valence-corrected chi connectivity index (χ0v) is 19.3. The average Bonchev–Trinajstić information content (AvgIpc) is 3.10. The summed E-state index contributed by atoms with van der Waals surface area (Å²) < 4.78 is 0. The van der Waals surface area contributed by atoms with E-state index >= 15 is 0 Å². The predicted molar refractivity (Wildman–Crippen MR) is 124 cm³/mol. The molecule has 0 aromatic carbocycles. The number of nitrogens with one attached hydrogen (secondary N) is 1. The summed E-state index contributed by atoms with van der Waals surface area (Å²) in [6, 6.07) is 0.672. The van der Waals surface area contributed by atoms with Gasteiger partial charge in [-0.2, -0.15) is 0 Å². The molecule has 4 rings (SSSR count). The van der Waals surface area contributed by atoms with Crippen molar-refractivity contribution >= 4 is 33.3 Å². The second kappa shape index (κ2) is 9.58. The lowest BCUT2D eigenvalue weighted by molar-refractivity contribution is 0.0952. The predicted octanol–water partition coefficient (Wildman–Crippen LogP) is 2.75. The van der Waals surface area contributed by atoms with Crippen molar-refractivity contribution in [3.8, 4) is 0 Å². The van der Waals surface area contributed by atoms with Gasteiger partial charge in [0.25, 0.3) is 5.91 Å². The second-order valence-electron chi connectivity index (χ2n) is 8.71. The molecule has 2 aromatic rings. The fourth-order valence-electron chi connectivity index (χ4n) is 4.58. The van der Waals surface area contributed by atoms with E-state index in [2.05, 4.69) is 44.0 Å². The van der Waals surface area contributed by atoms with Gasteiger partial charge in [-0.3, -0.25) is 4.79 Å². The van der Waals surface area contributed by atoms with Gasteiger partial charge >= 0.3 is 0 Å². The van der Waals surface area contributed by atoms with Crippen molar-refractivity contribution in [2.45, 2.75) is 45.6 Å². The van der Waals surface area contributed by atoms with Gasteiger partial charge in [-0.25, -0.2) is 9.97 Å². The number of hydrogen-bond acceptors (Lipinski definition) is 7. The normalized spacial score (nSPS) is 21.3. The Morgan fingerprint density at radius 3 is 2.77 bits per heavy atom. The van der Waals surface area contributed by atoms with E-state index in [1.54, 1.807) is 6.33 Å². The minimum absolute atomic E-state index is 0.0199. The van der Waals surface area contributed by atoms with Gasteiger partial charge in [-0.1, -0.05) is 6.42 Å². The van der Waals surface area contributed by atoms with E-state index in [0.717, 1.165) is 65.6 Å². The maximum Gasteiger partial charge on any atom is 0.261 e.